The molecule has 1 saturated heterocycles. The Morgan fingerprint density at radius 1 is 1.15 bits per heavy atom. The van der Waals surface area contributed by atoms with E-state index in [0.29, 0.717) is 0 Å². The highest BCUT2D eigenvalue weighted by Gasteiger charge is 2.34. The van der Waals surface area contributed by atoms with E-state index in [1.165, 1.54) is 12.1 Å². The molecule has 0 bridgehead atoms. The van der Waals surface area contributed by atoms with Crippen LogP contribution in [0.5, 0.6) is 0 Å². The maximum absolute atomic E-state index is 13.3. The number of aliphatic imine (C=N–C) groups is 1. The summed E-state index contributed by atoms with van der Waals surface area (Å²) < 4.78 is 21.0. The van der Waals surface area contributed by atoms with Gasteiger partial charge in [0.2, 0.25) is 0 Å². The molecule has 1 aliphatic heterocycles. The van der Waals surface area contributed by atoms with Gasteiger partial charge in [-0.05, 0) is 42.7 Å². The van der Waals surface area contributed by atoms with E-state index in [1.54, 1.807) is 7.05 Å². The second-order valence-electron chi connectivity index (χ2n) is 6.67. The van der Waals surface area contributed by atoms with Crippen LogP contribution in [0.15, 0.2) is 53.8 Å². The molecule has 0 spiro atoms. The average molecular weight is 486 g/mol. The topological polar surface area (TPSA) is 50.6 Å². The molecular formula is C20H28FIN4O. The van der Waals surface area contributed by atoms with Crippen LogP contribution in [0, 0.1) is 5.82 Å². The first-order valence-corrected chi connectivity index (χ1v) is 9.11. The number of guanidine groups is 1. The third-order valence-corrected chi connectivity index (χ3v) is 5.05. The Hall–Kier alpha value is -1.61. The van der Waals surface area contributed by atoms with Crippen LogP contribution in [0.3, 0.4) is 0 Å². The molecule has 2 aromatic rings. The first-order valence-electron chi connectivity index (χ1n) is 9.11. The van der Waals surface area contributed by atoms with Gasteiger partial charge in [0.05, 0.1) is 0 Å². The monoisotopic (exact) mass is 486 g/mol. The van der Waals surface area contributed by atoms with Gasteiger partial charge in [0.15, 0.2) is 5.96 Å². The predicted octanol–water partition coefficient (Wildman–Crippen LogP) is 3.16. The molecule has 1 fully saturated rings. The lowest BCUT2D eigenvalue weighted by Gasteiger charge is -2.38. The molecule has 0 amide bonds. The fourth-order valence-corrected chi connectivity index (χ4v) is 3.43. The Bertz CT molecular complexity index is 697. The maximum Gasteiger partial charge on any atom is 0.191 e. The molecule has 0 saturated carbocycles. The molecule has 1 aromatic carbocycles. The number of nitrogens with zero attached hydrogens (tertiary/aromatic N) is 2. The summed E-state index contributed by atoms with van der Waals surface area (Å²) in [7, 11) is 1.78. The molecule has 3 rings (SSSR count). The zero-order valence-corrected chi connectivity index (χ0v) is 18.0. The largest absolute Gasteiger partial charge is 0.381 e. The Morgan fingerprint density at radius 3 is 2.44 bits per heavy atom. The van der Waals surface area contributed by atoms with E-state index in [1.807, 2.05) is 36.7 Å². The van der Waals surface area contributed by atoms with E-state index in [4.69, 9.17) is 4.74 Å². The molecule has 1 aliphatic rings. The highest BCUT2D eigenvalue weighted by Crippen LogP contribution is 2.34. The minimum absolute atomic E-state index is 0. The van der Waals surface area contributed by atoms with Gasteiger partial charge in [0.25, 0.3) is 0 Å². The molecule has 2 N–H and O–H groups in total. The minimum Gasteiger partial charge on any atom is -0.381 e. The third-order valence-electron chi connectivity index (χ3n) is 5.05. The van der Waals surface area contributed by atoms with Crippen molar-refractivity contribution in [1.29, 1.82) is 0 Å². The van der Waals surface area contributed by atoms with Crippen molar-refractivity contribution in [3.63, 3.8) is 0 Å². The van der Waals surface area contributed by atoms with Crippen molar-refractivity contribution in [1.82, 2.24) is 15.2 Å². The molecular weight excluding hydrogens is 458 g/mol. The zero-order valence-electron chi connectivity index (χ0n) is 15.7. The quantitative estimate of drug-likeness (QED) is 0.375. The van der Waals surface area contributed by atoms with Gasteiger partial charge >= 0.3 is 0 Å². The summed E-state index contributed by atoms with van der Waals surface area (Å²) in [4.78, 5) is 4.32. The Labute approximate surface area is 177 Å². The maximum atomic E-state index is 13.3. The summed E-state index contributed by atoms with van der Waals surface area (Å²) in [6.45, 7) is 3.86. The van der Waals surface area contributed by atoms with Gasteiger partial charge in [0, 0.05) is 57.7 Å². The van der Waals surface area contributed by atoms with Gasteiger partial charge < -0.3 is 19.9 Å². The highest BCUT2D eigenvalue weighted by molar-refractivity contribution is 14.0. The van der Waals surface area contributed by atoms with Crippen molar-refractivity contribution in [2.45, 2.75) is 24.8 Å². The van der Waals surface area contributed by atoms with Crippen LogP contribution < -0.4 is 10.6 Å². The number of benzene rings is 1. The summed E-state index contributed by atoms with van der Waals surface area (Å²) in [5, 5.41) is 6.81. The van der Waals surface area contributed by atoms with Crippen LogP contribution in [0.25, 0.3) is 0 Å². The summed E-state index contributed by atoms with van der Waals surface area (Å²) in [6.07, 6.45) is 5.91. The first-order chi connectivity index (χ1) is 12.7. The van der Waals surface area contributed by atoms with Crippen molar-refractivity contribution < 1.29 is 9.13 Å². The summed E-state index contributed by atoms with van der Waals surface area (Å²) in [6, 6.07) is 10.9. The number of nitrogens with one attached hydrogen (secondary N) is 2. The van der Waals surface area contributed by atoms with Gasteiger partial charge in [-0.1, -0.05) is 12.1 Å². The molecule has 27 heavy (non-hydrogen) atoms. The number of aromatic nitrogens is 1. The lowest BCUT2D eigenvalue weighted by Crippen LogP contribution is -2.48. The molecule has 148 valence electrons. The molecule has 7 heteroatoms. The van der Waals surface area contributed by atoms with Crippen LogP contribution in [-0.2, 0) is 16.7 Å². The van der Waals surface area contributed by atoms with Gasteiger partial charge in [-0.3, -0.25) is 4.99 Å². The standard InChI is InChI=1S/C20H27FN4O.HI/c1-22-19(23-10-13-25-11-2-3-12-25)24-16-20(8-14-26-15-9-20)17-4-6-18(21)7-5-17;/h2-7,11-12H,8-10,13-16H2,1H3,(H2,22,23,24);1H. The van der Waals surface area contributed by atoms with Crippen LogP contribution in [-0.4, -0.2) is 43.9 Å². The average Bonchev–Trinajstić information content (AvgIpc) is 3.19. The van der Waals surface area contributed by atoms with Crippen LogP contribution in [0.1, 0.15) is 18.4 Å². The Morgan fingerprint density at radius 2 is 1.81 bits per heavy atom. The molecule has 1 aromatic heterocycles. The lowest BCUT2D eigenvalue weighted by atomic mass is 9.74. The van der Waals surface area contributed by atoms with Crippen LogP contribution >= 0.6 is 24.0 Å². The van der Waals surface area contributed by atoms with Gasteiger partial charge in [-0.15, -0.1) is 24.0 Å². The minimum atomic E-state index is -0.202. The molecule has 5 nitrogen and oxygen atoms in total. The van der Waals surface area contributed by atoms with Crippen LogP contribution in [0.4, 0.5) is 4.39 Å². The van der Waals surface area contributed by atoms with E-state index in [9.17, 15) is 4.39 Å². The number of hydrogen-bond donors (Lipinski definition) is 2. The summed E-state index contributed by atoms with van der Waals surface area (Å²) in [5.41, 5.74) is 1.08. The smallest absolute Gasteiger partial charge is 0.191 e. The summed E-state index contributed by atoms with van der Waals surface area (Å²) in [5.74, 6) is 0.580. The van der Waals surface area contributed by atoms with E-state index in [2.05, 4.69) is 20.2 Å². The molecule has 0 unspecified atom stereocenters. The first kappa shape index (κ1) is 21.7. The lowest BCUT2D eigenvalue weighted by molar-refractivity contribution is 0.0513. The van der Waals surface area contributed by atoms with Gasteiger partial charge in [0.1, 0.15) is 5.82 Å². The van der Waals surface area contributed by atoms with Gasteiger partial charge in [-0.2, -0.15) is 0 Å². The van der Waals surface area contributed by atoms with E-state index >= 15 is 0 Å². The number of rotatable bonds is 6. The molecule has 0 aliphatic carbocycles. The Balaban J connectivity index is 0.00000261. The zero-order chi connectivity index (χ0) is 18.2. The second-order valence-corrected chi connectivity index (χ2v) is 6.67. The Kier molecular flexibility index (Phi) is 8.56. The third kappa shape index (κ3) is 5.93. The van der Waals surface area contributed by atoms with E-state index in [0.717, 1.165) is 57.2 Å². The van der Waals surface area contributed by atoms with Crippen molar-refractivity contribution in [2.24, 2.45) is 4.99 Å². The molecule has 0 atom stereocenters. The fraction of sp³-hybridized carbons (Fsp3) is 0.450. The molecule has 2 heterocycles. The van der Waals surface area contributed by atoms with Crippen molar-refractivity contribution >= 4 is 29.9 Å². The van der Waals surface area contributed by atoms with E-state index in [-0.39, 0.29) is 35.2 Å². The molecule has 0 radical (unpaired) electrons. The van der Waals surface area contributed by atoms with E-state index < -0.39 is 0 Å². The number of hydrogen-bond acceptors (Lipinski definition) is 2. The van der Waals surface area contributed by atoms with Crippen molar-refractivity contribution in [2.75, 3.05) is 33.4 Å². The fourth-order valence-electron chi connectivity index (χ4n) is 3.43. The normalized spacial score (nSPS) is 16.4. The number of ether oxygens (including phenoxy) is 1. The number of halogens is 2. The predicted molar refractivity (Wildman–Crippen MR) is 117 cm³/mol. The van der Waals surface area contributed by atoms with Crippen molar-refractivity contribution in [3.8, 4) is 0 Å². The SMILES string of the molecule is CN=C(NCCn1cccc1)NCC1(c2ccc(F)cc2)CCOCC1.I. The second kappa shape index (κ2) is 10.7. The summed E-state index contributed by atoms with van der Waals surface area (Å²) >= 11 is 0. The highest BCUT2D eigenvalue weighted by atomic mass is 127. The van der Waals surface area contributed by atoms with Crippen molar-refractivity contribution in [3.05, 3.63) is 60.2 Å². The van der Waals surface area contributed by atoms with Gasteiger partial charge in [-0.25, -0.2) is 4.39 Å². The van der Waals surface area contributed by atoms with Crippen LogP contribution in [0.2, 0.25) is 0 Å².